The highest BCUT2D eigenvalue weighted by atomic mass is 19.3. The van der Waals surface area contributed by atoms with Crippen molar-refractivity contribution in [2.45, 2.75) is 45.5 Å². The molecule has 2 unspecified atom stereocenters. The van der Waals surface area contributed by atoms with E-state index >= 15 is 0 Å². The van der Waals surface area contributed by atoms with Gasteiger partial charge in [0.2, 0.25) is 0 Å². The number of nitrogens with zero attached hydrogens (tertiary/aromatic N) is 1. The van der Waals surface area contributed by atoms with Gasteiger partial charge in [-0.05, 0) is 54.9 Å². The Morgan fingerprint density at radius 3 is 2.78 bits per heavy atom. The van der Waals surface area contributed by atoms with Crippen molar-refractivity contribution in [1.29, 1.82) is 0 Å². The topological polar surface area (TPSA) is 24.9 Å². The molecule has 1 N–H and O–H groups in total. The first-order valence-corrected chi connectivity index (χ1v) is 8.52. The summed E-state index contributed by atoms with van der Waals surface area (Å²) in [5.41, 5.74) is 2.16. The van der Waals surface area contributed by atoms with Crippen LogP contribution < -0.4 is 5.32 Å². The molecule has 0 aliphatic heterocycles. The standard InChI is InChI=1S/C19H24F2N2/c1-13-2-3-14(10-13)4-5-15-6-7-16-8-9-19(22-12-18(20)21)23-17(16)11-15/h6-9,11,13-14,18H,2-5,10,12H2,1H3,(H,22,23). The summed E-state index contributed by atoms with van der Waals surface area (Å²) in [7, 11) is 0. The summed E-state index contributed by atoms with van der Waals surface area (Å²) in [6, 6.07) is 10.0. The molecule has 0 bridgehead atoms. The summed E-state index contributed by atoms with van der Waals surface area (Å²) < 4.78 is 24.6. The van der Waals surface area contributed by atoms with E-state index in [9.17, 15) is 8.78 Å². The number of aromatic nitrogens is 1. The zero-order valence-corrected chi connectivity index (χ0v) is 13.6. The first kappa shape index (κ1) is 16.2. The Hall–Kier alpha value is -1.71. The van der Waals surface area contributed by atoms with Gasteiger partial charge in [-0.3, -0.25) is 0 Å². The molecule has 2 aromatic rings. The van der Waals surface area contributed by atoms with Gasteiger partial charge >= 0.3 is 0 Å². The second-order valence-electron chi connectivity index (χ2n) is 6.82. The zero-order chi connectivity index (χ0) is 16.2. The van der Waals surface area contributed by atoms with Crippen molar-refractivity contribution in [3.63, 3.8) is 0 Å². The highest BCUT2D eigenvalue weighted by Crippen LogP contribution is 2.33. The average molecular weight is 318 g/mol. The monoisotopic (exact) mass is 318 g/mol. The van der Waals surface area contributed by atoms with E-state index in [-0.39, 0.29) is 6.54 Å². The fourth-order valence-corrected chi connectivity index (χ4v) is 3.56. The quantitative estimate of drug-likeness (QED) is 0.783. The Morgan fingerprint density at radius 1 is 1.22 bits per heavy atom. The van der Waals surface area contributed by atoms with Crippen molar-refractivity contribution < 1.29 is 8.78 Å². The van der Waals surface area contributed by atoms with Crippen molar-refractivity contribution >= 4 is 16.7 Å². The summed E-state index contributed by atoms with van der Waals surface area (Å²) in [6.45, 7) is 1.98. The van der Waals surface area contributed by atoms with Gasteiger partial charge in [-0.1, -0.05) is 31.9 Å². The molecule has 1 aromatic carbocycles. The largest absolute Gasteiger partial charge is 0.364 e. The van der Waals surface area contributed by atoms with Gasteiger partial charge in [-0.15, -0.1) is 0 Å². The summed E-state index contributed by atoms with van der Waals surface area (Å²) in [4.78, 5) is 4.46. The lowest BCUT2D eigenvalue weighted by Crippen LogP contribution is -2.11. The number of pyridine rings is 1. The number of benzene rings is 1. The summed E-state index contributed by atoms with van der Waals surface area (Å²) in [6.07, 6.45) is 4.02. The van der Waals surface area contributed by atoms with Crippen LogP contribution in [0.2, 0.25) is 0 Å². The number of halogens is 2. The maximum atomic E-state index is 12.3. The number of aryl methyl sites for hydroxylation is 1. The highest BCUT2D eigenvalue weighted by Gasteiger charge is 2.20. The minimum atomic E-state index is -2.37. The maximum Gasteiger partial charge on any atom is 0.255 e. The molecule has 1 heterocycles. The van der Waals surface area contributed by atoms with E-state index in [1.807, 2.05) is 6.07 Å². The highest BCUT2D eigenvalue weighted by molar-refractivity contribution is 5.80. The van der Waals surface area contributed by atoms with Gasteiger partial charge < -0.3 is 5.32 Å². The lowest BCUT2D eigenvalue weighted by atomic mass is 9.97. The Balaban J connectivity index is 1.66. The van der Waals surface area contributed by atoms with Crippen LogP contribution in [-0.4, -0.2) is 18.0 Å². The molecule has 3 rings (SSSR count). The molecular formula is C19H24F2N2. The van der Waals surface area contributed by atoms with E-state index in [0.29, 0.717) is 5.82 Å². The van der Waals surface area contributed by atoms with E-state index in [0.717, 1.165) is 29.2 Å². The third-order valence-electron chi connectivity index (χ3n) is 4.84. The zero-order valence-electron chi connectivity index (χ0n) is 13.6. The molecule has 2 nitrogen and oxygen atoms in total. The predicted molar refractivity (Wildman–Crippen MR) is 91.1 cm³/mol. The minimum Gasteiger partial charge on any atom is -0.364 e. The van der Waals surface area contributed by atoms with Crippen LogP contribution in [0.5, 0.6) is 0 Å². The third kappa shape index (κ3) is 4.40. The van der Waals surface area contributed by atoms with Gasteiger partial charge in [0.15, 0.2) is 0 Å². The predicted octanol–water partition coefficient (Wildman–Crippen LogP) is 5.28. The Kier molecular flexibility index (Phi) is 5.09. The van der Waals surface area contributed by atoms with Gasteiger partial charge in [-0.25, -0.2) is 13.8 Å². The molecule has 1 aliphatic rings. The second-order valence-corrected chi connectivity index (χ2v) is 6.82. The van der Waals surface area contributed by atoms with Crippen LogP contribution >= 0.6 is 0 Å². The van der Waals surface area contributed by atoms with Gasteiger partial charge in [0.25, 0.3) is 6.43 Å². The van der Waals surface area contributed by atoms with Crippen LogP contribution in [0, 0.1) is 11.8 Å². The van der Waals surface area contributed by atoms with E-state index in [4.69, 9.17) is 0 Å². The molecule has 124 valence electrons. The van der Waals surface area contributed by atoms with E-state index in [1.165, 1.54) is 31.2 Å². The van der Waals surface area contributed by atoms with Crippen molar-refractivity contribution in [2.24, 2.45) is 11.8 Å². The fourth-order valence-electron chi connectivity index (χ4n) is 3.56. The molecule has 0 saturated heterocycles. The summed E-state index contributed by atoms with van der Waals surface area (Å²) in [5.74, 6) is 2.24. The first-order chi connectivity index (χ1) is 11.1. The molecule has 1 fully saturated rings. The number of rotatable bonds is 6. The van der Waals surface area contributed by atoms with Crippen LogP contribution in [0.15, 0.2) is 30.3 Å². The van der Waals surface area contributed by atoms with E-state index in [2.05, 4.69) is 35.4 Å². The molecule has 0 spiro atoms. The minimum absolute atomic E-state index is 0.363. The van der Waals surface area contributed by atoms with Crippen molar-refractivity contribution in [3.8, 4) is 0 Å². The number of fused-ring (bicyclic) bond motifs is 1. The lowest BCUT2D eigenvalue weighted by molar-refractivity contribution is 0.163. The molecule has 1 aliphatic carbocycles. The van der Waals surface area contributed by atoms with Crippen molar-refractivity contribution in [1.82, 2.24) is 4.98 Å². The van der Waals surface area contributed by atoms with E-state index < -0.39 is 6.43 Å². The van der Waals surface area contributed by atoms with Crippen LogP contribution in [-0.2, 0) is 6.42 Å². The molecule has 4 heteroatoms. The molecule has 1 aromatic heterocycles. The Bertz CT molecular complexity index is 657. The molecule has 23 heavy (non-hydrogen) atoms. The number of alkyl halides is 2. The fraction of sp³-hybridized carbons (Fsp3) is 0.526. The molecule has 2 atom stereocenters. The number of nitrogens with one attached hydrogen (secondary N) is 1. The Labute approximate surface area is 136 Å². The van der Waals surface area contributed by atoms with Crippen LogP contribution in [0.1, 0.15) is 38.2 Å². The van der Waals surface area contributed by atoms with Crippen LogP contribution in [0.25, 0.3) is 10.9 Å². The Morgan fingerprint density at radius 2 is 2.04 bits per heavy atom. The SMILES string of the molecule is CC1CCC(CCc2ccc3ccc(NCC(F)F)nc3c2)C1. The average Bonchev–Trinajstić information content (AvgIpc) is 2.96. The van der Waals surface area contributed by atoms with Crippen LogP contribution in [0.4, 0.5) is 14.6 Å². The molecule has 1 saturated carbocycles. The van der Waals surface area contributed by atoms with E-state index in [1.54, 1.807) is 6.07 Å². The maximum absolute atomic E-state index is 12.3. The van der Waals surface area contributed by atoms with Crippen LogP contribution in [0.3, 0.4) is 0 Å². The summed E-state index contributed by atoms with van der Waals surface area (Å²) in [5, 5.41) is 3.72. The molecule has 0 radical (unpaired) electrons. The van der Waals surface area contributed by atoms with Crippen molar-refractivity contribution in [3.05, 3.63) is 35.9 Å². The van der Waals surface area contributed by atoms with Gasteiger partial charge in [0.05, 0.1) is 12.1 Å². The van der Waals surface area contributed by atoms with Gasteiger partial charge in [0.1, 0.15) is 5.82 Å². The molecule has 0 amide bonds. The first-order valence-electron chi connectivity index (χ1n) is 8.52. The number of hydrogen-bond donors (Lipinski definition) is 1. The normalized spacial score (nSPS) is 21.2. The molecular weight excluding hydrogens is 294 g/mol. The lowest BCUT2D eigenvalue weighted by Gasteiger charge is -2.10. The smallest absolute Gasteiger partial charge is 0.255 e. The third-order valence-corrected chi connectivity index (χ3v) is 4.84. The number of hydrogen-bond acceptors (Lipinski definition) is 2. The second kappa shape index (κ2) is 7.24. The van der Waals surface area contributed by atoms with Crippen molar-refractivity contribution in [2.75, 3.05) is 11.9 Å². The number of anilines is 1. The summed E-state index contributed by atoms with van der Waals surface area (Å²) >= 11 is 0. The van der Waals surface area contributed by atoms with Gasteiger partial charge in [0, 0.05) is 5.39 Å². The van der Waals surface area contributed by atoms with Gasteiger partial charge in [-0.2, -0.15) is 0 Å².